The molecule has 0 rings (SSSR count). The second-order valence-electron chi connectivity index (χ2n) is 23.0. The van der Waals surface area contributed by atoms with E-state index in [4.69, 9.17) is 37.0 Å². The minimum absolute atomic E-state index is 0.104. The van der Waals surface area contributed by atoms with E-state index in [1.54, 1.807) is 0 Å². The first-order valence-electron chi connectivity index (χ1n) is 32.0. The molecule has 0 aromatic carbocycles. The lowest BCUT2D eigenvalue weighted by molar-refractivity contribution is -0.161. The van der Waals surface area contributed by atoms with E-state index in [9.17, 15) is 43.2 Å². The molecule has 0 fully saturated rings. The van der Waals surface area contributed by atoms with Gasteiger partial charge in [0.05, 0.1) is 26.4 Å². The van der Waals surface area contributed by atoms with Gasteiger partial charge in [-0.3, -0.25) is 37.3 Å². The molecule has 19 heteroatoms. The van der Waals surface area contributed by atoms with Crippen LogP contribution in [-0.2, 0) is 65.4 Å². The average Bonchev–Trinajstić information content (AvgIpc) is 3.41. The Morgan fingerprint density at radius 3 is 0.850 bits per heavy atom. The van der Waals surface area contributed by atoms with Gasteiger partial charge in [-0.2, -0.15) is 0 Å². The van der Waals surface area contributed by atoms with E-state index in [1.807, 2.05) is 0 Å². The van der Waals surface area contributed by atoms with Crippen LogP contribution in [0.4, 0.5) is 0 Å². The highest BCUT2D eigenvalue weighted by molar-refractivity contribution is 7.47. The number of unbranched alkanes of at least 4 members (excludes halogenated alkanes) is 30. The minimum Gasteiger partial charge on any atom is -0.462 e. The summed E-state index contributed by atoms with van der Waals surface area (Å²) in [4.78, 5) is 71.7. The number of ether oxygens (including phenoxy) is 4. The van der Waals surface area contributed by atoms with Crippen molar-refractivity contribution in [1.82, 2.24) is 0 Å². The minimum atomic E-state index is -4.94. The van der Waals surface area contributed by atoms with E-state index in [2.05, 4.69) is 41.5 Å². The second kappa shape index (κ2) is 53.8. The molecule has 0 saturated heterocycles. The maximum atomic E-state index is 12.9. The zero-order valence-electron chi connectivity index (χ0n) is 51.4. The van der Waals surface area contributed by atoms with Gasteiger partial charge in [0, 0.05) is 25.7 Å². The first kappa shape index (κ1) is 78.1. The highest BCUT2D eigenvalue weighted by Crippen LogP contribution is 2.45. The number of rotatable bonds is 60. The van der Waals surface area contributed by atoms with E-state index in [-0.39, 0.29) is 25.7 Å². The molecule has 0 bridgehead atoms. The predicted octanol–water partition coefficient (Wildman–Crippen LogP) is 16.5. The number of esters is 4. The largest absolute Gasteiger partial charge is 0.472 e. The van der Waals surface area contributed by atoms with Crippen molar-refractivity contribution in [2.75, 3.05) is 39.6 Å². The standard InChI is InChI=1S/C61H118O17P2/c1-7-9-11-13-14-26-33-39-45-60(65)77-56(49-71-58(63)43-37-29-12-10-8-2)51-75-79(67,68)73-47-55(62)48-74-80(69,70)76-52-57(50-72-59(64)44-38-32-27-23-22-25-31-36-42-54(5)6)78-61(66)46-40-34-28-21-19-17-15-16-18-20-24-30-35-41-53(3)4/h53-57,62H,7-52H2,1-6H3,(H,67,68)(H,69,70)/t55-,56+,57+/m0/s1. The van der Waals surface area contributed by atoms with Crippen molar-refractivity contribution in [3.05, 3.63) is 0 Å². The molecule has 17 nitrogen and oxygen atoms in total. The fourth-order valence-corrected chi connectivity index (χ4v) is 10.6. The lowest BCUT2D eigenvalue weighted by Gasteiger charge is -2.21. The summed E-state index contributed by atoms with van der Waals surface area (Å²) in [5, 5.41) is 10.5. The Balaban J connectivity index is 5.16. The van der Waals surface area contributed by atoms with Gasteiger partial charge in [0.15, 0.2) is 12.2 Å². The number of hydrogen-bond donors (Lipinski definition) is 3. The average molecular weight is 1190 g/mol. The fourth-order valence-electron chi connectivity index (χ4n) is 9.00. The van der Waals surface area contributed by atoms with E-state index in [1.165, 1.54) is 103 Å². The van der Waals surface area contributed by atoms with Crippen molar-refractivity contribution in [2.24, 2.45) is 11.8 Å². The molecule has 0 aliphatic rings. The molecular formula is C61H118O17P2. The monoisotopic (exact) mass is 1180 g/mol. The van der Waals surface area contributed by atoms with Crippen LogP contribution in [0, 0.1) is 11.8 Å². The molecule has 3 N–H and O–H groups in total. The fraction of sp³-hybridized carbons (Fsp3) is 0.934. The maximum Gasteiger partial charge on any atom is 0.472 e. The zero-order chi connectivity index (χ0) is 59.4. The number of aliphatic hydroxyl groups excluding tert-OH is 1. The van der Waals surface area contributed by atoms with Crippen LogP contribution >= 0.6 is 15.6 Å². The van der Waals surface area contributed by atoms with E-state index in [0.29, 0.717) is 25.7 Å². The summed E-state index contributed by atoms with van der Waals surface area (Å²) in [7, 11) is -9.87. The van der Waals surface area contributed by atoms with Crippen LogP contribution < -0.4 is 0 Å². The normalized spacial score (nSPS) is 14.4. The van der Waals surface area contributed by atoms with Crippen LogP contribution in [0.5, 0.6) is 0 Å². The smallest absolute Gasteiger partial charge is 0.462 e. The van der Waals surface area contributed by atoms with Crippen molar-refractivity contribution in [3.8, 4) is 0 Å². The van der Waals surface area contributed by atoms with Gasteiger partial charge >= 0.3 is 39.5 Å². The molecular weight excluding hydrogens is 1070 g/mol. The van der Waals surface area contributed by atoms with Crippen LogP contribution in [0.25, 0.3) is 0 Å². The number of phosphoric ester groups is 2. The molecule has 80 heavy (non-hydrogen) atoms. The topological polar surface area (TPSA) is 237 Å². The van der Waals surface area contributed by atoms with Gasteiger partial charge in [0.1, 0.15) is 19.3 Å². The van der Waals surface area contributed by atoms with Crippen LogP contribution in [0.15, 0.2) is 0 Å². The third-order valence-corrected chi connectivity index (χ3v) is 15.9. The van der Waals surface area contributed by atoms with Gasteiger partial charge < -0.3 is 33.8 Å². The summed E-state index contributed by atoms with van der Waals surface area (Å²) in [6.45, 7) is 9.34. The van der Waals surface area contributed by atoms with Crippen molar-refractivity contribution < 1.29 is 80.2 Å². The summed E-state index contributed by atoms with van der Waals surface area (Å²) >= 11 is 0. The SMILES string of the molecule is CCCCCCCCCCC(=O)O[C@H](COC(=O)CCCCCCC)COP(=O)(O)OC[C@H](O)COP(=O)(O)OC[C@@H](COC(=O)CCCCCCCCCCC(C)C)OC(=O)CCCCCCCCCCCCCCCC(C)C. The molecule has 0 aromatic rings. The number of carbonyl (C=O) groups is 4. The number of hydrogen-bond acceptors (Lipinski definition) is 15. The predicted molar refractivity (Wildman–Crippen MR) is 317 cm³/mol. The van der Waals surface area contributed by atoms with Gasteiger partial charge in [-0.15, -0.1) is 0 Å². The van der Waals surface area contributed by atoms with Crippen molar-refractivity contribution >= 4 is 39.5 Å². The first-order chi connectivity index (χ1) is 38.4. The van der Waals surface area contributed by atoms with Crippen LogP contribution in [0.1, 0.15) is 298 Å². The van der Waals surface area contributed by atoms with Gasteiger partial charge in [-0.25, -0.2) is 9.13 Å². The summed E-state index contributed by atoms with van der Waals surface area (Å²) in [5.41, 5.74) is 0. The first-order valence-corrected chi connectivity index (χ1v) is 35.0. The van der Waals surface area contributed by atoms with E-state index in [0.717, 1.165) is 115 Å². The summed E-state index contributed by atoms with van der Waals surface area (Å²) < 4.78 is 67.6. The van der Waals surface area contributed by atoms with Gasteiger partial charge in [-0.1, -0.05) is 247 Å². The Labute approximate surface area is 486 Å². The third-order valence-electron chi connectivity index (χ3n) is 14.0. The molecule has 0 aliphatic carbocycles. The molecule has 0 heterocycles. The highest BCUT2D eigenvalue weighted by Gasteiger charge is 2.30. The number of phosphoric acid groups is 2. The van der Waals surface area contributed by atoms with Crippen molar-refractivity contribution in [3.63, 3.8) is 0 Å². The Hall–Kier alpha value is -1.94. The Bertz CT molecular complexity index is 1580. The van der Waals surface area contributed by atoms with E-state index >= 15 is 0 Å². The molecule has 5 atom stereocenters. The highest BCUT2D eigenvalue weighted by atomic mass is 31.2. The maximum absolute atomic E-state index is 12.9. The van der Waals surface area contributed by atoms with Crippen LogP contribution in [-0.4, -0.2) is 96.7 Å². The van der Waals surface area contributed by atoms with Crippen LogP contribution in [0.3, 0.4) is 0 Å². The van der Waals surface area contributed by atoms with Crippen molar-refractivity contribution in [2.45, 2.75) is 317 Å². The molecule has 2 unspecified atom stereocenters. The quantitative estimate of drug-likeness (QED) is 0.0222. The number of carbonyl (C=O) groups excluding carboxylic acids is 4. The number of aliphatic hydroxyl groups is 1. The Morgan fingerprint density at radius 1 is 0.338 bits per heavy atom. The molecule has 0 saturated carbocycles. The second-order valence-corrected chi connectivity index (χ2v) is 25.9. The lowest BCUT2D eigenvalue weighted by Crippen LogP contribution is -2.30. The van der Waals surface area contributed by atoms with Crippen LogP contribution in [0.2, 0.25) is 0 Å². The molecule has 0 aromatic heterocycles. The summed E-state index contributed by atoms with van der Waals surface area (Å²) in [6.07, 6.45) is 35.3. The van der Waals surface area contributed by atoms with Gasteiger partial charge in [0.25, 0.3) is 0 Å². The summed E-state index contributed by atoms with van der Waals surface area (Å²) in [6, 6.07) is 0. The molecule has 0 radical (unpaired) electrons. The van der Waals surface area contributed by atoms with E-state index < -0.39 is 97.5 Å². The zero-order valence-corrected chi connectivity index (χ0v) is 53.2. The molecule has 0 amide bonds. The van der Waals surface area contributed by atoms with Crippen molar-refractivity contribution in [1.29, 1.82) is 0 Å². The summed E-state index contributed by atoms with van der Waals surface area (Å²) in [5.74, 6) is -0.639. The Morgan fingerprint density at radius 2 is 0.575 bits per heavy atom. The van der Waals surface area contributed by atoms with Gasteiger partial charge in [0.2, 0.25) is 0 Å². The lowest BCUT2D eigenvalue weighted by atomic mass is 10.0. The van der Waals surface area contributed by atoms with Gasteiger partial charge in [-0.05, 0) is 37.5 Å². The molecule has 0 aliphatic heterocycles. The Kier molecular flexibility index (Phi) is 52.5. The molecule has 0 spiro atoms. The molecule has 474 valence electrons. The third kappa shape index (κ3) is 55.3.